The number of hydrogen-bond acceptors (Lipinski definition) is 2. The topological polar surface area (TPSA) is 37.3 Å². The Kier molecular flexibility index (Phi) is 5.84. The Bertz CT molecular complexity index is 751. The predicted octanol–water partition coefficient (Wildman–Crippen LogP) is 5.61. The molecule has 0 spiro atoms. The van der Waals surface area contributed by atoms with Gasteiger partial charge in [0.05, 0.1) is 11.5 Å². The van der Waals surface area contributed by atoms with Crippen LogP contribution in [0.1, 0.15) is 54.9 Å². The van der Waals surface area contributed by atoms with Gasteiger partial charge in [-0.05, 0) is 63.0 Å². The number of ketones is 1. The molecule has 1 unspecified atom stereocenters. The van der Waals surface area contributed by atoms with Crippen LogP contribution in [0.5, 0.6) is 0 Å². The van der Waals surface area contributed by atoms with Crippen LogP contribution in [-0.2, 0) is 6.42 Å². The maximum atomic E-state index is 12.9. The summed E-state index contributed by atoms with van der Waals surface area (Å²) < 4.78 is 0. The summed E-state index contributed by atoms with van der Waals surface area (Å²) in [7, 11) is 0. The molecular formula is C23H27ClO2. The van der Waals surface area contributed by atoms with Crippen molar-refractivity contribution in [3.05, 3.63) is 70.8 Å². The summed E-state index contributed by atoms with van der Waals surface area (Å²) in [5, 5.41) is 11.9. The quantitative estimate of drug-likeness (QED) is 0.699. The molecule has 1 aromatic rings. The highest BCUT2D eigenvalue weighted by atomic mass is 35.5. The SMILES string of the molecule is C=C(C=CC(Cl)=CC)C1CCC(O)(C2CCc3ccccc3C2=O)CC1. The number of aliphatic hydroxyl groups is 1. The van der Waals surface area contributed by atoms with E-state index in [2.05, 4.69) is 6.58 Å². The van der Waals surface area contributed by atoms with Gasteiger partial charge in [0.2, 0.25) is 0 Å². The van der Waals surface area contributed by atoms with E-state index in [4.69, 9.17) is 11.6 Å². The Morgan fingerprint density at radius 3 is 2.62 bits per heavy atom. The van der Waals surface area contributed by atoms with Crippen LogP contribution in [0.25, 0.3) is 0 Å². The molecule has 1 saturated carbocycles. The Morgan fingerprint density at radius 1 is 1.23 bits per heavy atom. The minimum atomic E-state index is -0.883. The standard InChI is InChI=1S/C23H27ClO2/c1-3-19(24)10-8-16(2)17-12-14-23(26,15-13-17)21-11-9-18-6-4-5-7-20(18)22(21)25/h3-8,10,17,21,26H,2,9,11-15H2,1H3. The molecule has 0 bridgehead atoms. The lowest BCUT2D eigenvalue weighted by Crippen LogP contribution is -2.47. The third-order valence-corrected chi connectivity index (χ3v) is 6.40. The van der Waals surface area contributed by atoms with Crippen molar-refractivity contribution in [2.24, 2.45) is 11.8 Å². The molecule has 0 heterocycles. The molecule has 0 aliphatic heterocycles. The van der Waals surface area contributed by atoms with Gasteiger partial charge in [-0.2, -0.15) is 0 Å². The van der Waals surface area contributed by atoms with E-state index in [9.17, 15) is 9.90 Å². The average molecular weight is 371 g/mol. The minimum Gasteiger partial charge on any atom is -0.389 e. The fourth-order valence-electron chi connectivity index (χ4n) is 4.37. The molecule has 26 heavy (non-hydrogen) atoms. The molecule has 3 rings (SSSR count). The Balaban J connectivity index is 1.66. The van der Waals surface area contributed by atoms with E-state index in [0.29, 0.717) is 23.8 Å². The van der Waals surface area contributed by atoms with E-state index >= 15 is 0 Å². The number of carbonyl (C=O) groups excluding carboxylic acids is 1. The van der Waals surface area contributed by atoms with Gasteiger partial charge in [0.15, 0.2) is 5.78 Å². The van der Waals surface area contributed by atoms with Gasteiger partial charge in [0, 0.05) is 10.6 Å². The van der Waals surface area contributed by atoms with Crippen molar-refractivity contribution in [1.29, 1.82) is 0 Å². The van der Waals surface area contributed by atoms with Crippen LogP contribution in [0.2, 0.25) is 0 Å². The van der Waals surface area contributed by atoms with E-state index in [1.807, 2.05) is 49.4 Å². The zero-order valence-corrected chi connectivity index (χ0v) is 16.1. The highest BCUT2D eigenvalue weighted by molar-refractivity contribution is 6.31. The number of hydrogen-bond donors (Lipinski definition) is 1. The van der Waals surface area contributed by atoms with Crippen molar-refractivity contribution < 1.29 is 9.90 Å². The molecule has 138 valence electrons. The second-order valence-electron chi connectivity index (χ2n) is 7.57. The summed E-state index contributed by atoms with van der Waals surface area (Å²) in [6, 6.07) is 7.81. The molecule has 0 aromatic heterocycles. The number of benzene rings is 1. The molecule has 1 fully saturated rings. The summed E-state index contributed by atoms with van der Waals surface area (Å²) in [4.78, 5) is 12.9. The van der Waals surface area contributed by atoms with Crippen LogP contribution in [0, 0.1) is 11.8 Å². The largest absolute Gasteiger partial charge is 0.389 e. The molecule has 1 N–H and O–H groups in total. The van der Waals surface area contributed by atoms with Gasteiger partial charge in [-0.1, -0.05) is 60.2 Å². The number of rotatable bonds is 4. The summed E-state index contributed by atoms with van der Waals surface area (Å²) in [5.41, 5.74) is 2.08. The lowest BCUT2D eigenvalue weighted by molar-refractivity contribution is -0.0487. The van der Waals surface area contributed by atoms with E-state index < -0.39 is 5.60 Å². The second kappa shape index (κ2) is 7.94. The van der Waals surface area contributed by atoms with Crippen molar-refractivity contribution in [2.75, 3.05) is 0 Å². The first-order chi connectivity index (χ1) is 12.4. The van der Waals surface area contributed by atoms with Crippen molar-refractivity contribution in [3.63, 3.8) is 0 Å². The molecule has 2 aliphatic rings. The van der Waals surface area contributed by atoms with Gasteiger partial charge < -0.3 is 5.11 Å². The van der Waals surface area contributed by atoms with E-state index in [-0.39, 0.29) is 11.7 Å². The van der Waals surface area contributed by atoms with Gasteiger partial charge in [-0.15, -0.1) is 0 Å². The van der Waals surface area contributed by atoms with Crippen molar-refractivity contribution >= 4 is 17.4 Å². The van der Waals surface area contributed by atoms with Gasteiger partial charge in [0.25, 0.3) is 0 Å². The van der Waals surface area contributed by atoms with Gasteiger partial charge in [0.1, 0.15) is 0 Å². The number of carbonyl (C=O) groups is 1. The van der Waals surface area contributed by atoms with E-state index in [1.165, 1.54) is 0 Å². The Hall–Kier alpha value is -1.64. The summed E-state index contributed by atoms with van der Waals surface area (Å²) in [6.45, 7) is 6.07. The normalized spacial score (nSPS) is 29.7. The first-order valence-corrected chi connectivity index (χ1v) is 9.85. The van der Waals surface area contributed by atoms with Crippen LogP contribution >= 0.6 is 11.6 Å². The molecule has 0 radical (unpaired) electrons. The monoisotopic (exact) mass is 370 g/mol. The van der Waals surface area contributed by atoms with Crippen LogP contribution in [-0.4, -0.2) is 16.5 Å². The first-order valence-electron chi connectivity index (χ1n) is 9.48. The zero-order chi connectivity index (χ0) is 18.7. The number of fused-ring (bicyclic) bond motifs is 1. The zero-order valence-electron chi connectivity index (χ0n) is 15.4. The summed E-state index contributed by atoms with van der Waals surface area (Å²) in [5.74, 6) is 0.185. The van der Waals surface area contributed by atoms with Crippen LogP contribution in [0.15, 0.2) is 59.7 Å². The number of aryl methyl sites for hydroxylation is 1. The number of allylic oxidation sites excluding steroid dienone is 5. The lowest BCUT2D eigenvalue weighted by Gasteiger charge is -2.42. The molecule has 1 aromatic carbocycles. The summed E-state index contributed by atoms with van der Waals surface area (Å²) >= 11 is 6.01. The molecule has 3 heteroatoms. The smallest absolute Gasteiger partial charge is 0.169 e. The third-order valence-electron chi connectivity index (χ3n) is 6.06. The highest BCUT2D eigenvalue weighted by Crippen LogP contribution is 2.44. The molecule has 0 amide bonds. The number of halogens is 1. The molecule has 1 atom stereocenters. The van der Waals surface area contributed by atoms with Gasteiger partial charge in [-0.3, -0.25) is 4.79 Å². The van der Waals surface area contributed by atoms with Gasteiger partial charge in [-0.25, -0.2) is 0 Å². The molecule has 2 nitrogen and oxygen atoms in total. The summed E-state index contributed by atoms with van der Waals surface area (Å²) in [6.07, 6.45) is 10.3. The fourth-order valence-corrected chi connectivity index (χ4v) is 4.43. The van der Waals surface area contributed by atoms with E-state index in [0.717, 1.165) is 42.4 Å². The van der Waals surface area contributed by atoms with E-state index in [1.54, 1.807) is 0 Å². The fraction of sp³-hybridized carbons (Fsp3) is 0.435. The predicted molar refractivity (Wildman–Crippen MR) is 107 cm³/mol. The average Bonchev–Trinajstić information content (AvgIpc) is 2.66. The van der Waals surface area contributed by atoms with Crippen molar-refractivity contribution in [3.8, 4) is 0 Å². The second-order valence-corrected chi connectivity index (χ2v) is 8.01. The third kappa shape index (κ3) is 3.87. The maximum Gasteiger partial charge on any atom is 0.169 e. The van der Waals surface area contributed by atoms with Crippen LogP contribution in [0.4, 0.5) is 0 Å². The molecular weight excluding hydrogens is 344 g/mol. The first kappa shape index (κ1) is 19.1. The van der Waals surface area contributed by atoms with Crippen molar-refractivity contribution in [1.82, 2.24) is 0 Å². The number of Topliss-reactive ketones (excluding diaryl/α,β-unsaturated/α-hetero) is 1. The highest BCUT2D eigenvalue weighted by Gasteiger charge is 2.45. The lowest BCUT2D eigenvalue weighted by atomic mass is 9.65. The van der Waals surface area contributed by atoms with Crippen molar-refractivity contribution in [2.45, 2.75) is 51.0 Å². The maximum absolute atomic E-state index is 12.9. The minimum absolute atomic E-state index is 0.117. The molecule has 2 aliphatic carbocycles. The van der Waals surface area contributed by atoms with Crippen LogP contribution in [0.3, 0.4) is 0 Å². The Labute approximate surface area is 161 Å². The molecule has 0 saturated heterocycles. The Morgan fingerprint density at radius 2 is 1.92 bits per heavy atom. The van der Waals surface area contributed by atoms with Gasteiger partial charge >= 0.3 is 0 Å². The van der Waals surface area contributed by atoms with Crippen LogP contribution < -0.4 is 0 Å².